The molecular formula is C28H59O3PS2. The maximum atomic E-state index is 9.83. The largest absolute Gasteiger partial charge is 0.329 e. The second-order valence-electron chi connectivity index (χ2n) is 9.49. The maximum absolute atomic E-state index is 9.83. The zero-order valence-electron chi connectivity index (χ0n) is 22.9. The zero-order valence-corrected chi connectivity index (χ0v) is 25.4. The monoisotopic (exact) mass is 538 g/mol. The zero-order chi connectivity index (χ0) is 24.8. The second-order valence-corrected chi connectivity index (χ2v) is 12.9. The maximum Gasteiger partial charge on any atom is 0.329 e. The van der Waals surface area contributed by atoms with Crippen LogP contribution in [0.2, 0.25) is 0 Å². The van der Waals surface area contributed by atoms with Crippen molar-refractivity contribution in [1.29, 1.82) is 0 Å². The van der Waals surface area contributed by atoms with Gasteiger partial charge >= 0.3 is 8.60 Å². The lowest BCUT2D eigenvalue weighted by Crippen LogP contribution is -1.99. The molecule has 6 heteroatoms. The molecule has 0 bridgehead atoms. The van der Waals surface area contributed by atoms with Crippen molar-refractivity contribution in [2.24, 2.45) is 0 Å². The van der Waals surface area contributed by atoms with Gasteiger partial charge in [0, 0.05) is 11.5 Å². The average Bonchev–Trinajstić information content (AvgIpc) is 2.84. The average molecular weight is 539 g/mol. The van der Waals surface area contributed by atoms with Crippen molar-refractivity contribution >= 4 is 32.1 Å². The lowest BCUT2D eigenvalue weighted by Gasteiger charge is -2.10. The highest BCUT2D eigenvalue weighted by Crippen LogP contribution is 2.32. The Morgan fingerprint density at radius 3 is 1.06 bits per heavy atom. The predicted molar refractivity (Wildman–Crippen MR) is 159 cm³/mol. The van der Waals surface area contributed by atoms with Crippen molar-refractivity contribution in [3.63, 3.8) is 0 Å². The van der Waals surface area contributed by atoms with Gasteiger partial charge in [-0.05, 0) is 24.3 Å². The van der Waals surface area contributed by atoms with Crippen LogP contribution >= 0.6 is 32.1 Å². The van der Waals surface area contributed by atoms with Crippen molar-refractivity contribution in [2.75, 3.05) is 36.2 Å². The molecule has 0 spiro atoms. The summed E-state index contributed by atoms with van der Waals surface area (Å²) in [5, 5.41) is 0. The Hall–Kier alpha value is 1.01. The Bertz CT molecular complexity index is 333. The van der Waals surface area contributed by atoms with Crippen LogP contribution in [-0.2, 0) is 9.05 Å². The summed E-state index contributed by atoms with van der Waals surface area (Å²) in [4.78, 5) is 9.83. The third kappa shape index (κ3) is 31.0. The second kappa shape index (κ2) is 32.0. The molecular weight excluding hydrogens is 479 g/mol. The van der Waals surface area contributed by atoms with E-state index in [0.717, 1.165) is 11.5 Å². The van der Waals surface area contributed by atoms with Crippen molar-refractivity contribution in [3.8, 4) is 0 Å². The SMILES string of the molecule is CCCCCCCCCCCCSCCOP(O)OCCSCCCCCCCCCCCC. The van der Waals surface area contributed by atoms with Gasteiger partial charge < -0.3 is 13.9 Å². The van der Waals surface area contributed by atoms with Crippen LogP contribution in [0, 0.1) is 0 Å². The molecule has 0 saturated heterocycles. The molecule has 0 aliphatic heterocycles. The van der Waals surface area contributed by atoms with Crippen LogP contribution in [0.1, 0.15) is 142 Å². The van der Waals surface area contributed by atoms with Crippen molar-refractivity contribution < 1.29 is 13.9 Å². The normalized spacial score (nSPS) is 11.6. The van der Waals surface area contributed by atoms with Crippen molar-refractivity contribution in [3.05, 3.63) is 0 Å². The fraction of sp³-hybridized carbons (Fsp3) is 1.00. The van der Waals surface area contributed by atoms with Crippen LogP contribution in [0.15, 0.2) is 0 Å². The van der Waals surface area contributed by atoms with E-state index in [9.17, 15) is 4.89 Å². The summed E-state index contributed by atoms with van der Waals surface area (Å²) in [5.41, 5.74) is 0. The smallest absolute Gasteiger partial charge is 0.328 e. The minimum atomic E-state index is -1.69. The Balaban J connectivity index is 3.13. The highest BCUT2D eigenvalue weighted by molar-refractivity contribution is 7.99. The third-order valence-corrected chi connectivity index (χ3v) is 9.02. The number of thioether (sulfide) groups is 2. The van der Waals surface area contributed by atoms with Crippen LogP contribution in [-0.4, -0.2) is 41.1 Å². The Kier molecular flexibility index (Phi) is 33.0. The first-order chi connectivity index (χ1) is 16.8. The molecule has 0 atom stereocenters. The van der Waals surface area contributed by atoms with Gasteiger partial charge in [0.15, 0.2) is 0 Å². The Labute approximate surface area is 224 Å². The molecule has 0 unspecified atom stereocenters. The molecule has 0 aliphatic rings. The standard InChI is InChI=1S/C28H59O3PS2/c1-3-5-7-9-11-13-15-17-19-21-25-33-27-23-30-32(29)31-24-28-34-26-22-20-18-16-14-12-10-8-6-4-2/h29H,3-28H2,1-2H3. The van der Waals surface area contributed by atoms with E-state index >= 15 is 0 Å². The molecule has 1 N–H and O–H groups in total. The van der Waals surface area contributed by atoms with Gasteiger partial charge in [0.2, 0.25) is 0 Å². The highest BCUT2D eigenvalue weighted by Gasteiger charge is 2.06. The Morgan fingerprint density at radius 1 is 0.441 bits per heavy atom. The molecule has 34 heavy (non-hydrogen) atoms. The van der Waals surface area contributed by atoms with E-state index in [-0.39, 0.29) is 0 Å². The Morgan fingerprint density at radius 2 is 0.735 bits per heavy atom. The van der Waals surface area contributed by atoms with Crippen molar-refractivity contribution in [2.45, 2.75) is 142 Å². The van der Waals surface area contributed by atoms with Gasteiger partial charge in [-0.3, -0.25) is 0 Å². The van der Waals surface area contributed by atoms with E-state index < -0.39 is 8.60 Å². The van der Waals surface area contributed by atoms with Gasteiger partial charge in [0.1, 0.15) is 0 Å². The van der Waals surface area contributed by atoms with Gasteiger partial charge in [0.25, 0.3) is 0 Å². The highest BCUT2D eigenvalue weighted by atomic mass is 32.2. The summed E-state index contributed by atoms with van der Waals surface area (Å²) in [6.07, 6.45) is 27.8. The van der Waals surface area contributed by atoms with Crippen molar-refractivity contribution in [1.82, 2.24) is 0 Å². The lowest BCUT2D eigenvalue weighted by molar-refractivity contribution is 0.218. The van der Waals surface area contributed by atoms with Gasteiger partial charge in [-0.2, -0.15) is 23.5 Å². The van der Waals surface area contributed by atoms with Crippen LogP contribution in [0.4, 0.5) is 0 Å². The fourth-order valence-electron chi connectivity index (χ4n) is 3.97. The first kappa shape index (κ1) is 35.0. The number of hydrogen-bond donors (Lipinski definition) is 1. The summed E-state index contributed by atoms with van der Waals surface area (Å²) < 4.78 is 10.8. The third-order valence-electron chi connectivity index (χ3n) is 6.14. The van der Waals surface area contributed by atoms with Crippen LogP contribution in [0.3, 0.4) is 0 Å². The van der Waals surface area contributed by atoms with Crippen LogP contribution in [0.25, 0.3) is 0 Å². The van der Waals surface area contributed by atoms with E-state index in [0.29, 0.717) is 13.2 Å². The summed E-state index contributed by atoms with van der Waals surface area (Å²) >= 11 is 3.87. The molecule has 0 aromatic heterocycles. The first-order valence-electron chi connectivity index (χ1n) is 14.7. The molecule has 0 heterocycles. The molecule has 0 radical (unpaired) electrons. The van der Waals surface area contributed by atoms with E-state index in [1.807, 2.05) is 23.5 Å². The van der Waals surface area contributed by atoms with Crippen LogP contribution in [0.5, 0.6) is 0 Å². The molecule has 0 rings (SSSR count). The molecule has 0 saturated carbocycles. The van der Waals surface area contributed by atoms with E-state index in [1.54, 1.807) is 0 Å². The molecule has 3 nitrogen and oxygen atoms in total. The van der Waals surface area contributed by atoms with E-state index in [2.05, 4.69) is 13.8 Å². The predicted octanol–water partition coefficient (Wildman–Crippen LogP) is 10.5. The minimum Gasteiger partial charge on any atom is -0.328 e. The van der Waals surface area contributed by atoms with Gasteiger partial charge in [-0.1, -0.05) is 129 Å². The number of unbranched alkanes of at least 4 members (excludes halogenated alkanes) is 18. The van der Waals surface area contributed by atoms with Gasteiger partial charge in [-0.15, -0.1) is 0 Å². The topological polar surface area (TPSA) is 38.7 Å². The van der Waals surface area contributed by atoms with Crippen LogP contribution < -0.4 is 0 Å². The van der Waals surface area contributed by atoms with E-state index in [1.165, 1.54) is 140 Å². The number of hydrogen-bond acceptors (Lipinski definition) is 5. The molecule has 0 fully saturated rings. The summed E-state index contributed by atoms with van der Waals surface area (Å²) in [6.45, 7) is 5.75. The number of rotatable bonds is 30. The molecule has 0 aliphatic carbocycles. The molecule has 206 valence electrons. The van der Waals surface area contributed by atoms with Gasteiger partial charge in [-0.25, -0.2) is 0 Å². The summed E-state index contributed by atoms with van der Waals surface area (Å²) in [7, 11) is -1.69. The summed E-state index contributed by atoms with van der Waals surface area (Å²) in [5.74, 6) is 4.32. The lowest BCUT2D eigenvalue weighted by atomic mass is 10.1. The molecule has 0 amide bonds. The minimum absolute atomic E-state index is 0.594. The summed E-state index contributed by atoms with van der Waals surface area (Å²) in [6, 6.07) is 0. The quantitative estimate of drug-likeness (QED) is 0.0727. The van der Waals surface area contributed by atoms with Gasteiger partial charge in [0.05, 0.1) is 13.2 Å². The molecule has 0 aromatic carbocycles. The fourth-order valence-corrected chi connectivity index (χ4v) is 6.42. The first-order valence-corrected chi connectivity index (χ1v) is 18.2. The van der Waals surface area contributed by atoms with E-state index in [4.69, 9.17) is 9.05 Å². The molecule has 0 aromatic rings.